The van der Waals surface area contributed by atoms with E-state index in [4.69, 9.17) is 0 Å². The quantitative estimate of drug-likeness (QED) is 0.716. The van der Waals surface area contributed by atoms with Crippen molar-refractivity contribution in [1.29, 1.82) is 0 Å². The average Bonchev–Trinajstić information content (AvgIpc) is 2.31. The molecule has 1 rings (SSSR count). The van der Waals surface area contributed by atoms with E-state index in [1.807, 2.05) is 0 Å². The lowest BCUT2D eigenvalue weighted by Gasteiger charge is -2.30. The molecule has 3 heteroatoms. The van der Waals surface area contributed by atoms with Crippen LogP contribution in [-0.4, -0.2) is 62.7 Å². The molecule has 0 aromatic carbocycles. The van der Waals surface area contributed by atoms with Crippen molar-refractivity contribution in [2.45, 2.75) is 25.8 Å². The maximum Gasteiger partial charge on any atom is 0.0347 e. The monoisotopic (exact) mass is 199 g/mol. The second-order valence-corrected chi connectivity index (χ2v) is 4.36. The summed E-state index contributed by atoms with van der Waals surface area (Å²) in [6.45, 7) is 8.36. The van der Waals surface area contributed by atoms with Gasteiger partial charge in [-0.15, -0.1) is 0 Å². The Bertz CT molecular complexity index is 149. The molecule has 1 N–H and O–H groups in total. The van der Waals surface area contributed by atoms with Crippen molar-refractivity contribution < 1.29 is 0 Å². The lowest BCUT2D eigenvalue weighted by molar-refractivity contribution is 0.187. The van der Waals surface area contributed by atoms with E-state index in [0.29, 0.717) is 6.04 Å². The Morgan fingerprint density at radius 3 is 2.79 bits per heavy atom. The zero-order valence-corrected chi connectivity index (χ0v) is 9.92. The molecule has 1 aliphatic rings. The Balaban J connectivity index is 2.49. The number of nitrogens with zero attached hydrogens (tertiary/aromatic N) is 2. The molecule has 0 aromatic heterocycles. The van der Waals surface area contributed by atoms with Crippen LogP contribution in [0.3, 0.4) is 0 Å². The Morgan fingerprint density at radius 2 is 2.14 bits per heavy atom. The van der Waals surface area contributed by atoms with Gasteiger partial charge in [0, 0.05) is 19.1 Å². The molecule has 1 atom stereocenters. The van der Waals surface area contributed by atoms with Crippen LogP contribution in [0, 0.1) is 0 Å². The fourth-order valence-corrected chi connectivity index (χ4v) is 2.30. The Morgan fingerprint density at radius 1 is 1.36 bits per heavy atom. The number of hydrogen-bond donors (Lipinski definition) is 1. The summed E-state index contributed by atoms with van der Waals surface area (Å²) < 4.78 is 0. The number of likely N-dealkylation sites (N-methyl/N-ethyl adjacent to an activating group) is 2. The van der Waals surface area contributed by atoms with Crippen LogP contribution in [0.5, 0.6) is 0 Å². The van der Waals surface area contributed by atoms with Crippen LogP contribution >= 0.6 is 0 Å². The molecular formula is C11H25N3. The molecule has 0 bridgehead atoms. The van der Waals surface area contributed by atoms with Gasteiger partial charge in [0.25, 0.3) is 0 Å². The van der Waals surface area contributed by atoms with E-state index in [1.165, 1.54) is 39.0 Å². The van der Waals surface area contributed by atoms with Crippen LogP contribution in [-0.2, 0) is 0 Å². The van der Waals surface area contributed by atoms with Gasteiger partial charge >= 0.3 is 0 Å². The molecule has 1 aliphatic heterocycles. The van der Waals surface area contributed by atoms with Crippen LogP contribution in [0.1, 0.15) is 19.8 Å². The van der Waals surface area contributed by atoms with E-state index in [-0.39, 0.29) is 0 Å². The molecule has 0 radical (unpaired) electrons. The van der Waals surface area contributed by atoms with E-state index in [0.717, 1.165) is 6.54 Å². The predicted molar refractivity (Wildman–Crippen MR) is 61.7 cm³/mol. The summed E-state index contributed by atoms with van der Waals surface area (Å²) in [6.07, 6.45) is 2.58. The van der Waals surface area contributed by atoms with Crippen LogP contribution in [0.15, 0.2) is 0 Å². The molecule has 1 unspecified atom stereocenters. The minimum atomic E-state index is 0.701. The fourth-order valence-electron chi connectivity index (χ4n) is 2.30. The topological polar surface area (TPSA) is 18.5 Å². The molecule has 1 heterocycles. The van der Waals surface area contributed by atoms with Gasteiger partial charge in [-0.05, 0) is 46.6 Å². The zero-order chi connectivity index (χ0) is 10.4. The predicted octanol–water partition coefficient (Wildman–Crippen LogP) is 0.622. The van der Waals surface area contributed by atoms with Gasteiger partial charge in [-0.2, -0.15) is 0 Å². The summed E-state index contributed by atoms with van der Waals surface area (Å²) in [5, 5.41) is 3.31. The molecule has 0 saturated carbocycles. The molecule has 14 heavy (non-hydrogen) atoms. The zero-order valence-electron chi connectivity index (χ0n) is 9.92. The van der Waals surface area contributed by atoms with Crippen molar-refractivity contribution in [3.8, 4) is 0 Å². The minimum Gasteiger partial charge on any atom is -0.318 e. The first kappa shape index (κ1) is 12.0. The smallest absolute Gasteiger partial charge is 0.0347 e. The van der Waals surface area contributed by atoms with Crippen molar-refractivity contribution in [3.05, 3.63) is 0 Å². The van der Waals surface area contributed by atoms with Crippen molar-refractivity contribution in [1.82, 2.24) is 15.1 Å². The third-order valence-electron chi connectivity index (χ3n) is 2.97. The van der Waals surface area contributed by atoms with Crippen molar-refractivity contribution in [2.75, 3.05) is 46.8 Å². The molecule has 1 fully saturated rings. The Kier molecular flexibility index (Phi) is 5.45. The number of hydrogen-bond acceptors (Lipinski definition) is 3. The van der Waals surface area contributed by atoms with Gasteiger partial charge in [0.05, 0.1) is 0 Å². The maximum atomic E-state index is 3.31. The summed E-state index contributed by atoms with van der Waals surface area (Å²) in [6, 6.07) is 0.701. The lowest BCUT2D eigenvalue weighted by Crippen LogP contribution is -2.46. The molecule has 0 aliphatic carbocycles. The fraction of sp³-hybridized carbons (Fsp3) is 1.00. The van der Waals surface area contributed by atoms with E-state index in [1.54, 1.807) is 0 Å². The van der Waals surface area contributed by atoms with Gasteiger partial charge in [0.1, 0.15) is 0 Å². The first-order chi connectivity index (χ1) is 6.77. The second kappa shape index (κ2) is 6.38. The van der Waals surface area contributed by atoms with Gasteiger partial charge < -0.3 is 10.2 Å². The van der Waals surface area contributed by atoms with Crippen LogP contribution in [0.25, 0.3) is 0 Å². The first-order valence-corrected chi connectivity index (χ1v) is 5.85. The van der Waals surface area contributed by atoms with Gasteiger partial charge in [-0.25, -0.2) is 0 Å². The van der Waals surface area contributed by atoms with E-state index in [2.05, 4.69) is 36.1 Å². The molecule has 84 valence electrons. The minimum absolute atomic E-state index is 0.701. The van der Waals surface area contributed by atoms with E-state index >= 15 is 0 Å². The molecule has 0 aromatic rings. The third-order valence-corrected chi connectivity index (χ3v) is 2.97. The molecule has 3 nitrogen and oxygen atoms in total. The van der Waals surface area contributed by atoms with Crippen LogP contribution in [0.4, 0.5) is 0 Å². The van der Waals surface area contributed by atoms with Crippen molar-refractivity contribution in [2.24, 2.45) is 0 Å². The summed E-state index contributed by atoms with van der Waals surface area (Å²) in [5.74, 6) is 0. The highest BCUT2D eigenvalue weighted by molar-refractivity contribution is 4.79. The molecule has 1 saturated heterocycles. The Hall–Kier alpha value is -0.120. The standard InChI is InChI=1S/C11H25N3/c1-4-6-14-8-5-7-13(3)10-11(14)9-12-2/h11-12H,4-10H2,1-3H3. The Labute approximate surface area is 88.5 Å². The SMILES string of the molecule is CCCN1CCCN(C)CC1CNC. The first-order valence-electron chi connectivity index (χ1n) is 5.85. The highest BCUT2D eigenvalue weighted by atomic mass is 15.2. The van der Waals surface area contributed by atoms with Crippen LogP contribution < -0.4 is 5.32 Å². The summed E-state index contributed by atoms with van der Waals surface area (Å²) >= 11 is 0. The molecular weight excluding hydrogens is 174 g/mol. The normalized spacial score (nSPS) is 26.4. The largest absolute Gasteiger partial charge is 0.318 e. The van der Waals surface area contributed by atoms with Gasteiger partial charge in [0.2, 0.25) is 0 Å². The lowest BCUT2D eigenvalue weighted by atomic mass is 10.2. The number of rotatable bonds is 4. The average molecular weight is 199 g/mol. The molecule has 0 spiro atoms. The van der Waals surface area contributed by atoms with E-state index < -0.39 is 0 Å². The van der Waals surface area contributed by atoms with E-state index in [9.17, 15) is 0 Å². The van der Waals surface area contributed by atoms with Crippen LogP contribution in [0.2, 0.25) is 0 Å². The highest BCUT2D eigenvalue weighted by Crippen LogP contribution is 2.08. The second-order valence-electron chi connectivity index (χ2n) is 4.36. The van der Waals surface area contributed by atoms with Crippen molar-refractivity contribution >= 4 is 0 Å². The summed E-state index contributed by atoms with van der Waals surface area (Å²) in [4.78, 5) is 5.09. The summed E-state index contributed by atoms with van der Waals surface area (Å²) in [5.41, 5.74) is 0. The van der Waals surface area contributed by atoms with Crippen molar-refractivity contribution in [3.63, 3.8) is 0 Å². The van der Waals surface area contributed by atoms with Gasteiger partial charge in [-0.3, -0.25) is 4.90 Å². The number of nitrogens with one attached hydrogen (secondary N) is 1. The summed E-state index contributed by atoms with van der Waals surface area (Å²) in [7, 11) is 4.28. The van der Waals surface area contributed by atoms with Gasteiger partial charge in [0.15, 0.2) is 0 Å². The maximum absolute atomic E-state index is 3.31. The highest BCUT2D eigenvalue weighted by Gasteiger charge is 2.21. The van der Waals surface area contributed by atoms with Gasteiger partial charge in [-0.1, -0.05) is 6.92 Å². The molecule has 0 amide bonds. The third kappa shape index (κ3) is 3.56.